The summed E-state index contributed by atoms with van der Waals surface area (Å²) in [6.07, 6.45) is -0.738. The molecule has 0 spiro atoms. The Morgan fingerprint density at radius 3 is 1.92 bits per heavy atom. The lowest BCUT2D eigenvalue weighted by atomic mass is 9.92. The van der Waals surface area contributed by atoms with E-state index in [2.05, 4.69) is 21.3 Å². The predicted octanol–water partition coefficient (Wildman–Crippen LogP) is 3.62. The van der Waals surface area contributed by atoms with Gasteiger partial charge in [-0.3, -0.25) is 14.4 Å². The number of carbonyl (C=O) groups is 4. The van der Waals surface area contributed by atoms with E-state index in [0.717, 1.165) is 11.1 Å². The summed E-state index contributed by atoms with van der Waals surface area (Å²) < 4.78 is 10.4. The Morgan fingerprint density at radius 2 is 1.31 bits per heavy atom. The van der Waals surface area contributed by atoms with Crippen LogP contribution in [0.1, 0.15) is 34.6 Å². The second-order valence-corrected chi connectivity index (χ2v) is 11.4. The Hall–Kier alpha value is -5.68. The fourth-order valence-electron chi connectivity index (χ4n) is 5.01. The molecule has 256 valence electrons. The molecule has 0 fully saturated rings. The average Bonchev–Trinajstić information content (AvgIpc) is 3.13. The summed E-state index contributed by atoms with van der Waals surface area (Å²) in [6.45, 7) is -0.120. The van der Waals surface area contributed by atoms with Gasteiger partial charge in [-0.2, -0.15) is 0 Å². The van der Waals surface area contributed by atoms with Crippen LogP contribution in [0.5, 0.6) is 5.75 Å². The number of hydrogen-bond donors (Lipinski definition) is 5. The molecule has 0 aromatic heterocycles. The molecule has 0 aliphatic rings. The van der Waals surface area contributed by atoms with E-state index in [0.29, 0.717) is 16.9 Å². The Bertz CT molecular complexity index is 1640. The molecule has 11 nitrogen and oxygen atoms in total. The van der Waals surface area contributed by atoms with E-state index < -0.39 is 35.3 Å². The summed E-state index contributed by atoms with van der Waals surface area (Å²) in [5.74, 6) is -1.81. The SMILES string of the molecule is COc1ccc([C@H](CNC(=O)CCNC(=O)OCc2ccccc2)C(=O)NC[C@](O)(Cc2ccccc2)C(=O)NCc2ccccc2)cc1. The van der Waals surface area contributed by atoms with Gasteiger partial charge in [-0.05, 0) is 34.4 Å². The molecule has 0 saturated carbocycles. The maximum absolute atomic E-state index is 13.7. The van der Waals surface area contributed by atoms with Crippen molar-refractivity contribution in [1.29, 1.82) is 0 Å². The number of methoxy groups -OCH3 is 1. The maximum Gasteiger partial charge on any atom is 0.407 e. The molecular formula is C38H42N4O7. The minimum atomic E-state index is -1.97. The van der Waals surface area contributed by atoms with Crippen molar-refractivity contribution < 1.29 is 33.8 Å². The molecule has 0 aliphatic heterocycles. The summed E-state index contributed by atoms with van der Waals surface area (Å²) >= 11 is 0. The van der Waals surface area contributed by atoms with Gasteiger partial charge in [0.05, 0.1) is 19.6 Å². The summed E-state index contributed by atoms with van der Waals surface area (Å²) in [5.41, 5.74) is 1.02. The second-order valence-electron chi connectivity index (χ2n) is 11.4. The Kier molecular flexibility index (Phi) is 13.7. The van der Waals surface area contributed by atoms with Crippen LogP contribution in [-0.4, -0.2) is 61.3 Å². The standard InChI is InChI=1S/C38H42N4O7/c1-48-32-19-17-31(18-20-32)33(25-40-34(43)21-22-39-37(46)49-26-30-15-9-4-10-16-30)35(44)42-27-38(47,23-28-11-5-2-6-12-28)36(45)41-24-29-13-7-3-8-14-29/h2-20,33,47H,21-27H2,1H3,(H,39,46)(H,40,43)(H,41,45)(H,42,44)/t33-,38+/m0/s1. The first-order valence-corrected chi connectivity index (χ1v) is 16.0. The Balaban J connectivity index is 1.37. The van der Waals surface area contributed by atoms with Crippen molar-refractivity contribution in [3.8, 4) is 5.75 Å². The number of amides is 4. The normalized spacial score (nSPS) is 12.4. The lowest BCUT2D eigenvalue weighted by molar-refractivity contribution is -0.140. The second kappa shape index (κ2) is 18.6. The zero-order chi connectivity index (χ0) is 34.9. The molecule has 0 bridgehead atoms. The molecule has 4 rings (SSSR count). The van der Waals surface area contributed by atoms with Gasteiger partial charge in [-0.25, -0.2) is 4.79 Å². The van der Waals surface area contributed by atoms with Gasteiger partial charge in [0.25, 0.3) is 5.91 Å². The van der Waals surface area contributed by atoms with Gasteiger partial charge in [-0.15, -0.1) is 0 Å². The Labute approximate surface area is 286 Å². The number of rotatable bonds is 17. The number of aliphatic hydroxyl groups is 1. The maximum atomic E-state index is 13.7. The molecule has 5 N–H and O–H groups in total. The zero-order valence-electron chi connectivity index (χ0n) is 27.4. The molecule has 0 heterocycles. The molecule has 4 aromatic rings. The summed E-state index contributed by atoms with van der Waals surface area (Å²) in [5, 5.41) is 22.5. The molecule has 0 unspecified atom stereocenters. The van der Waals surface area contributed by atoms with Gasteiger partial charge in [0.1, 0.15) is 12.4 Å². The number of ether oxygens (including phenoxy) is 2. The fourth-order valence-corrected chi connectivity index (χ4v) is 5.01. The highest BCUT2D eigenvalue weighted by atomic mass is 16.5. The summed E-state index contributed by atoms with van der Waals surface area (Å²) in [4.78, 5) is 51.9. The van der Waals surface area contributed by atoms with Gasteiger partial charge < -0.3 is 35.8 Å². The molecule has 4 aromatic carbocycles. The monoisotopic (exact) mass is 666 g/mol. The van der Waals surface area contributed by atoms with E-state index >= 15 is 0 Å². The van der Waals surface area contributed by atoms with Gasteiger partial charge in [0.2, 0.25) is 11.8 Å². The fraction of sp³-hybridized carbons (Fsp3) is 0.263. The van der Waals surface area contributed by atoms with Gasteiger partial charge >= 0.3 is 6.09 Å². The van der Waals surface area contributed by atoms with Crippen molar-refractivity contribution in [3.63, 3.8) is 0 Å². The smallest absolute Gasteiger partial charge is 0.407 e. The lowest BCUT2D eigenvalue weighted by Crippen LogP contribution is -2.56. The van der Waals surface area contributed by atoms with Crippen LogP contribution in [0.15, 0.2) is 115 Å². The van der Waals surface area contributed by atoms with Crippen LogP contribution in [0.2, 0.25) is 0 Å². The van der Waals surface area contributed by atoms with Crippen molar-refractivity contribution in [2.45, 2.75) is 37.5 Å². The molecule has 49 heavy (non-hydrogen) atoms. The number of carbonyl (C=O) groups excluding carboxylic acids is 4. The van der Waals surface area contributed by atoms with Gasteiger partial charge in [0, 0.05) is 32.5 Å². The van der Waals surface area contributed by atoms with Crippen molar-refractivity contribution in [2.75, 3.05) is 26.7 Å². The zero-order valence-corrected chi connectivity index (χ0v) is 27.4. The van der Waals surface area contributed by atoms with E-state index in [4.69, 9.17) is 9.47 Å². The van der Waals surface area contributed by atoms with Crippen LogP contribution >= 0.6 is 0 Å². The highest BCUT2D eigenvalue weighted by Crippen LogP contribution is 2.21. The molecule has 0 saturated heterocycles. The van der Waals surface area contributed by atoms with Crippen LogP contribution in [0.4, 0.5) is 4.79 Å². The first kappa shape index (κ1) is 36.2. The molecule has 2 atom stereocenters. The highest BCUT2D eigenvalue weighted by Gasteiger charge is 2.37. The minimum Gasteiger partial charge on any atom is -0.497 e. The topological polar surface area (TPSA) is 155 Å². The average molecular weight is 667 g/mol. The summed E-state index contributed by atoms with van der Waals surface area (Å²) in [7, 11) is 1.53. The molecule has 4 amide bonds. The van der Waals surface area contributed by atoms with Crippen LogP contribution in [0.25, 0.3) is 0 Å². The van der Waals surface area contributed by atoms with E-state index in [1.807, 2.05) is 78.9 Å². The number of alkyl carbamates (subject to hydrolysis) is 1. The predicted molar refractivity (Wildman–Crippen MR) is 184 cm³/mol. The summed E-state index contributed by atoms with van der Waals surface area (Å²) in [6, 6.07) is 34.4. The van der Waals surface area contributed by atoms with Crippen molar-refractivity contribution in [3.05, 3.63) is 138 Å². The van der Waals surface area contributed by atoms with Crippen LogP contribution in [0.3, 0.4) is 0 Å². The quantitative estimate of drug-likeness (QED) is 0.115. The van der Waals surface area contributed by atoms with Crippen LogP contribution in [0, 0.1) is 0 Å². The largest absolute Gasteiger partial charge is 0.497 e. The van der Waals surface area contributed by atoms with Crippen molar-refractivity contribution in [1.82, 2.24) is 21.3 Å². The third kappa shape index (κ3) is 11.8. The van der Waals surface area contributed by atoms with Gasteiger partial charge in [0.15, 0.2) is 5.60 Å². The van der Waals surface area contributed by atoms with E-state index in [-0.39, 0.29) is 45.6 Å². The van der Waals surface area contributed by atoms with Crippen LogP contribution < -0.4 is 26.0 Å². The number of nitrogens with one attached hydrogen (secondary N) is 4. The molecule has 0 aliphatic carbocycles. The third-order valence-electron chi connectivity index (χ3n) is 7.79. The highest BCUT2D eigenvalue weighted by molar-refractivity contribution is 5.88. The lowest BCUT2D eigenvalue weighted by Gasteiger charge is -2.29. The first-order valence-electron chi connectivity index (χ1n) is 16.0. The first-order chi connectivity index (χ1) is 23.8. The number of hydrogen-bond acceptors (Lipinski definition) is 7. The molecule has 0 radical (unpaired) electrons. The third-order valence-corrected chi connectivity index (χ3v) is 7.79. The van der Waals surface area contributed by atoms with E-state index in [1.54, 1.807) is 36.4 Å². The van der Waals surface area contributed by atoms with Crippen LogP contribution in [-0.2, 0) is 38.7 Å². The number of benzene rings is 4. The molecule has 11 heteroatoms. The van der Waals surface area contributed by atoms with E-state index in [1.165, 1.54) is 7.11 Å². The van der Waals surface area contributed by atoms with Gasteiger partial charge in [-0.1, -0.05) is 103 Å². The van der Waals surface area contributed by atoms with Crippen molar-refractivity contribution >= 4 is 23.8 Å². The molecular weight excluding hydrogens is 624 g/mol. The minimum absolute atomic E-state index is 0.0312. The Morgan fingerprint density at radius 1 is 0.714 bits per heavy atom. The van der Waals surface area contributed by atoms with Crippen molar-refractivity contribution in [2.24, 2.45) is 0 Å². The van der Waals surface area contributed by atoms with E-state index in [9.17, 15) is 24.3 Å².